The van der Waals surface area contributed by atoms with Crippen LogP contribution in [0.15, 0.2) is 0 Å². The van der Waals surface area contributed by atoms with Crippen LogP contribution in [-0.2, 0) is 4.79 Å². The van der Waals surface area contributed by atoms with Crippen LogP contribution >= 0.6 is 0 Å². The van der Waals surface area contributed by atoms with Gasteiger partial charge >= 0.3 is 12.1 Å². The predicted molar refractivity (Wildman–Crippen MR) is 40.0 cm³/mol. The van der Waals surface area contributed by atoms with Crippen molar-refractivity contribution in [1.29, 1.82) is 0 Å². The highest BCUT2D eigenvalue weighted by Crippen LogP contribution is 2.29. The average molecular weight is 173 g/mol. The lowest BCUT2D eigenvalue weighted by molar-refractivity contribution is -0.147. The third kappa shape index (κ3) is 1.34. The Kier molecular flexibility index (Phi) is 1.95. The summed E-state index contributed by atoms with van der Waals surface area (Å²) in [5.41, 5.74) is -0.890. The first-order chi connectivity index (χ1) is 5.46. The van der Waals surface area contributed by atoms with E-state index in [0.717, 1.165) is 4.90 Å². The third-order valence-corrected chi connectivity index (χ3v) is 2.26. The molecule has 0 aliphatic carbocycles. The van der Waals surface area contributed by atoms with Crippen LogP contribution in [0.5, 0.6) is 0 Å². The number of carboxylic acids is 1. The first-order valence-electron chi connectivity index (χ1n) is 3.67. The van der Waals surface area contributed by atoms with Gasteiger partial charge in [0.1, 0.15) is 0 Å². The molecular weight excluding hydrogens is 162 g/mol. The fraction of sp³-hybridized carbons (Fsp3) is 0.714. The van der Waals surface area contributed by atoms with Crippen LogP contribution in [0.25, 0.3) is 0 Å². The summed E-state index contributed by atoms with van der Waals surface area (Å²) in [6, 6.07) is 0. The van der Waals surface area contributed by atoms with Crippen molar-refractivity contribution in [3.63, 3.8) is 0 Å². The molecular formula is C7H11NO4. The average Bonchev–Trinajstić information content (AvgIpc) is 2.33. The minimum Gasteiger partial charge on any atom is -0.481 e. The number of hydrogen-bond acceptors (Lipinski definition) is 2. The van der Waals surface area contributed by atoms with E-state index in [1.165, 1.54) is 0 Å². The normalized spacial score (nSPS) is 28.9. The first kappa shape index (κ1) is 8.83. The van der Waals surface area contributed by atoms with Crippen LogP contribution in [0.2, 0.25) is 0 Å². The van der Waals surface area contributed by atoms with Crippen molar-refractivity contribution in [2.75, 3.05) is 13.1 Å². The molecule has 1 amide bonds. The third-order valence-electron chi connectivity index (χ3n) is 2.26. The Bertz CT molecular complexity index is 227. The second-order valence-electron chi connectivity index (χ2n) is 3.32. The van der Waals surface area contributed by atoms with Crippen molar-refractivity contribution in [3.05, 3.63) is 0 Å². The molecule has 5 heteroatoms. The number of carboxylic acid groups (broad SMARTS) is 2. The number of hydrogen-bond donors (Lipinski definition) is 2. The van der Waals surface area contributed by atoms with E-state index in [2.05, 4.69) is 0 Å². The summed E-state index contributed by atoms with van der Waals surface area (Å²) < 4.78 is 0. The van der Waals surface area contributed by atoms with Gasteiger partial charge in [0.2, 0.25) is 0 Å². The highest BCUT2D eigenvalue weighted by molar-refractivity contribution is 5.76. The second-order valence-corrected chi connectivity index (χ2v) is 3.32. The highest BCUT2D eigenvalue weighted by Gasteiger charge is 2.42. The number of carbonyl (C=O) groups is 2. The molecule has 1 rings (SSSR count). The van der Waals surface area contributed by atoms with E-state index in [9.17, 15) is 9.59 Å². The van der Waals surface area contributed by atoms with Gasteiger partial charge in [0.05, 0.1) is 5.41 Å². The molecule has 0 radical (unpaired) electrons. The Morgan fingerprint density at radius 1 is 1.42 bits per heavy atom. The largest absolute Gasteiger partial charge is 0.481 e. The van der Waals surface area contributed by atoms with Gasteiger partial charge in [-0.1, -0.05) is 0 Å². The van der Waals surface area contributed by atoms with Crippen LogP contribution < -0.4 is 0 Å². The molecule has 12 heavy (non-hydrogen) atoms. The van der Waals surface area contributed by atoms with Crippen LogP contribution in [0.4, 0.5) is 4.79 Å². The first-order valence-corrected chi connectivity index (χ1v) is 3.67. The fourth-order valence-electron chi connectivity index (χ4n) is 1.30. The van der Waals surface area contributed by atoms with Crippen LogP contribution in [0.1, 0.15) is 13.3 Å². The molecule has 1 aliphatic rings. The fourth-order valence-corrected chi connectivity index (χ4v) is 1.30. The molecule has 1 atom stereocenters. The molecule has 1 heterocycles. The highest BCUT2D eigenvalue weighted by atomic mass is 16.4. The summed E-state index contributed by atoms with van der Waals surface area (Å²) in [4.78, 5) is 22.2. The molecule has 2 N–H and O–H groups in total. The Hall–Kier alpha value is -1.26. The molecule has 1 aliphatic heterocycles. The van der Waals surface area contributed by atoms with Crippen LogP contribution in [-0.4, -0.2) is 40.3 Å². The SMILES string of the molecule is CC1(C(=O)O)CCN(C(=O)O)C1. The lowest BCUT2D eigenvalue weighted by atomic mass is 9.90. The number of likely N-dealkylation sites (tertiary alicyclic amines) is 1. The molecule has 0 bridgehead atoms. The number of aliphatic carboxylic acids is 1. The van der Waals surface area contributed by atoms with Crippen molar-refractivity contribution in [2.45, 2.75) is 13.3 Å². The van der Waals surface area contributed by atoms with Crippen molar-refractivity contribution >= 4 is 12.1 Å². The van der Waals surface area contributed by atoms with Crippen LogP contribution in [0, 0.1) is 5.41 Å². The monoisotopic (exact) mass is 173 g/mol. The van der Waals surface area contributed by atoms with E-state index >= 15 is 0 Å². The van der Waals surface area contributed by atoms with Gasteiger partial charge in [-0.3, -0.25) is 4.79 Å². The summed E-state index contributed by atoms with van der Waals surface area (Å²) in [6.45, 7) is 1.98. The zero-order valence-corrected chi connectivity index (χ0v) is 6.78. The molecule has 1 saturated heterocycles. The zero-order chi connectivity index (χ0) is 9.35. The molecule has 0 aromatic heterocycles. The molecule has 0 aromatic carbocycles. The maximum Gasteiger partial charge on any atom is 0.407 e. The van der Waals surface area contributed by atoms with E-state index in [4.69, 9.17) is 10.2 Å². The minimum absolute atomic E-state index is 0.0949. The smallest absolute Gasteiger partial charge is 0.407 e. The summed E-state index contributed by atoms with van der Waals surface area (Å²) in [5.74, 6) is -0.925. The topological polar surface area (TPSA) is 77.8 Å². The predicted octanol–water partition coefficient (Wildman–Crippen LogP) is 0.461. The van der Waals surface area contributed by atoms with E-state index in [0.29, 0.717) is 13.0 Å². The summed E-state index contributed by atoms with van der Waals surface area (Å²) in [6.07, 6.45) is -0.644. The summed E-state index contributed by atoms with van der Waals surface area (Å²) in [7, 11) is 0. The molecule has 1 unspecified atom stereocenters. The van der Waals surface area contributed by atoms with Crippen molar-refractivity contribution < 1.29 is 19.8 Å². The van der Waals surface area contributed by atoms with Gasteiger partial charge in [0, 0.05) is 13.1 Å². The standard InChI is InChI=1S/C7H11NO4/c1-7(5(9)10)2-3-8(4-7)6(11)12/h2-4H2,1H3,(H,9,10)(H,11,12). The number of rotatable bonds is 1. The van der Waals surface area contributed by atoms with Crippen molar-refractivity contribution in [1.82, 2.24) is 4.90 Å². The molecule has 0 saturated carbocycles. The van der Waals surface area contributed by atoms with Gasteiger partial charge in [-0.15, -0.1) is 0 Å². The maximum absolute atomic E-state index is 10.7. The van der Waals surface area contributed by atoms with Crippen LogP contribution in [0.3, 0.4) is 0 Å². The van der Waals surface area contributed by atoms with E-state index in [1.54, 1.807) is 6.92 Å². The molecule has 5 nitrogen and oxygen atoms in total. The van der Waals surface area contributed by atoms with E-state index in [1.807, 2.05) is 0 Å². The zero-order valence-electron chi connectivity index (χ0n) is 6.78. The Morgan fingerprint density at radius 3 is 2.25 bits per heavy atom. The summed E-state index contributed by atoms with van der Waals surface area (Å²) >= 11 is 0. The Labute approximate surface area is 69.6 Å². The van der Waals surface area contributed by atoms with Crippen molar-refractivity contribution in [3.8, 4) is 0 Å². The van der Waals surface area contributed by atoms with Crippen molar-refractivity contribution in [2.24, 2.45) is 5.41 Å². The van der Waals surface area contributed by atoms with Gasteiger partial charge in [-0.25, -0.2) is 4.79 Å². The second kappa shape index (κ2) is 2.66. The maximum atomic E-state index is 10.7. The molecule has 0 aromatic rings. The summed E-state index contributed by atoms with van der Waals surface area (Å²) in [5, 5.41) is 17.3. The molecule has 0 spiro atoms. The lowest BCUT2D eigenvalue weighted by Gasteiger charge is -2.17. The van der Waals surface area contributed by atoms with Gasteiger partial charge in [0.25, 0.3) is 0 Å². The quantitative estimate of drug-likeness (QED) is 0.603. The van der Waals surface area contributed by atoms with E-state index in [-0.39, 0.29) is 6.54 Å². The molecule has 1 fully saturated rings. The Balaban J connectivity index is 2.67. The van der Waals surface area contributed by atoms with Gasteiger partial charge in [0.15, 0.2) is 0 Å². The Morgan fingerprint density at radius 2 is 2.00 bits per heavy atom. The van der Waals surface area contributed by atoms with E-state index < -0.39 is 17.5 Å². The van der Waals surface area contributed by atoms with Gasteiger partial charge in [-0.2, -0.15) is 0 Å². The molecule has 68 valence electrons. The minimum atomic E-state index is -1.04. The number of amides is 1. The number of nitrogens with zero attached hydrogens (tertiary/aromatic N) is 1. The lowest BCUT2D eigenvalue weighted by Crippen LogP contribution is -2.33. The van der Waals surface area contributed by atoms with Gasteiger partial charge in [-0.05, 0) is 13.3 Å². The van der Waals surface area contributed by atoms with Gasteiger partial charge < -0.3 is 15.1 Å².